The number of nitrogens with one attached hydrogen (secondary N) is 1. The summed E-state index contributed by atoms with van der Waals surface area (Å²) in [6.07, 6.45) is 3.47. The predicted octanol–water partition coefficient (Wildman–Crippen LogP) is 1.19. The van der Waals surface area contributed by atoms with E-state index in [1.165, 1.54) is 6.26 Å². The molecule has 0 saturated carbocycles. The quantitative estimate of drug-likeness (QED) is 0.771. The lowest BCUT2D eigenvalue weighted by Gasteiger charge is -2.22. The first-order valence-electron chi connectivity index (χ1n) is 4.78. The average molecular weight is 195 g/mol. The summed E-state index contributed by atoms with van der Waals surface area (Å²) in [5, 5.41) is 2.86. The second kappa shape index (κ2) is 4.28. The van der Waals surface area contributed by atoms with Crippen molar-refractivity contribution in [1.82, 2.24) is 5.32 Å². The van der Waals surface area contributed by atoms with E-state index < -0.39 is 0 Å². The number of carbonyl (C=O) groups is 1. The van der Waals surface area contributed by atoms with Crippen LogP contribution >= 0.6 is 0 Å². The summed E-state index contributed by atoms with van der Waals surface area (Å²) in [6, 6.07) is 3.48. The molecule has 1 atom stereocenters. The first kappa shape index (κ1) is 9.27. The van der Waals surface area contributed by atoms with Crippen molar-refractivity contribution in [3.8, 4) is 0 Å². The van der Waals surface area contributed by atoms with Crippen molar-refractivity contribution >= 4 is 5.91 Å². The molecule has 1 aromatic heterocycles. The summed E-state index contributed by atoms with van der Waals surface area (Å²) >= 11 is 0. The van der Waals surface area contributed by atoms with Gasteiger partial charge in [-0.2, -0.15) is 0 Å². The van der Waals surface area contributed by atoms with Gasteiger partial charge in [0.2, 0.25) is 0 Å². The van der Waals surface area contributed by atoms with Gasteiger partial charge < -0.3 is 14.5 Å². The fourth-order valence-electron chi connectivity index (χ4n) is 1.52. The normalized spacial score (nSPS) is 21.9. The van der Waals surface area contributed by atoms with Gasteiger partial charge in [-0.05, 0) is 25.0 Å². The van der Waals surface area contributed by atoms with Crippen LogP contribution in [0.5, 0.6) is 0 Å². The first-order chi connectivity index (χ1) is 6.86. The van der Waals surface area contributed by atoms with Gasteiger partial charge in [0.1, 0.15) is 0 Å². The van der Waals surface area contributed by atoms with E-state index >= 15 is 0 Å². The Bertz CT molecular complexity index is 288. The summed E-state index contributed by atoms with van der Waals surface area (Å²) in [5.74, 6) is 0.195. The topological polar surface area (TPSA) is 51.5 Å². The third kappa shape index (κ3) is 2.14. The Morgan fingerprint density at radius 1 is 1.57 bits per heavy atom. The van der Waals surface area contributed by atoms with E-state index in [4.69, 9.17) is 9.15 Å². The molecule has 1 aliphatic rings. The Balaban J connectivity index is 1.87. The maximum Gasteiger partial charge on any atom is 0.287 e. The molecule has 1 unspecified atom stereocenters. The van der Waals surface area contributed by atoms with E-state index in [2.05, 4.69) is 5.32 Å². The zero-order chi connectivity index (χ0) is 9.80. The number of amides is 1. The van der Waals surface area contributed by atoms with Crippen LogP contribution in [0.1, 0.15) is 23.4 Å². The molecule has 4 heteroatoms. The van der Waals surface area contributed by atoms with Crippen molar-refractivity contribution in [2.45, 2.75) is 18.9 Å². The maximum atomic E-state index is 11.5. The van der Waals surface area contributed by atoms with Crippen molar-refractivity contribution in [3.63, 3.8) is 0 Å². The number of hydrogen-bond acceptors (Lipinski definition) is 3. The van der Waals surface area contributed by atoms with Crippen LogP contribution in [0.4, 0.5) is 0 Å². The largest absolute Gasteiger partial charge is 0.459 e. The molecule has 1 aliphatic heterocycles. The molecule has 4 nitrogen and oxygen atoms in total. The zero-order valence-electron chi connectivity index (χ0n) is 7.86. The van der Waals surface area contributed by atoms with Crippen LogP contribution in [-0.2, 0) is 4.74 Å². The summed E-state index contributed by atoms with van der Waals surface area (Å²) in [7, 11) is 0. The summed E-state index contributed by atoms with van der Waals surface area (Å²) in [5.41, 5.74) is 0. The minimum Gasteiger partial charge on any atom is -0.459 e. The molecule has 0 bridgehead atoms. The van der Waals surface area contributed by atoms with Gasteiger partial charge in [0.25, 0.3) is 5.91 Å². The monoisotopic (exact) mass is 195 g/mol. The third-order valence-electron chi connectivity index (χ3n) is 2.24. The second-order valence-corrected chi connectivity index (χ2v) is 3.36. The van der Waals surface area contributed by atoms with Crippen molar-refractivity contribution in [1.29, 1.82) is 0 Å². The van der Waals surface area contributed by atoms with Crippen LogP contribution in [0.15, 0.2) is 22.8 Å². The van der Waals surface area contributed by atoms with E-state index in [-0.39, 0.29) is 11.9 Å². The molecule has 1 aromatic rings. The van der Waals surface area contributed by atoms with Gasteiger partial charge in [0.15, 0.2) is 5.76 Å². The van der Waals surface area contributed by atoms with Crippen LogP contribution in [0, 0.1) is 0 Å². The smallest absolute Gasteiger partial charge is 0.287 e. The lowest BCUT2D eigenvalue weighted by molar-refractivity contribution is 0.0612. The number of furan rings is 1. The highest BCUT2D eigenvalue weighted by Crippen LogP contribution is 2.07. The van der Waals surface area contributed by atoms with E-state index in [9.17, 15) is 4.79 Å². The molecule has 1 fully saturated rings. The SMILES string of the molecule is O=C(NC1CCCOC1)c1ccco1. The minimum atomic E-state index is -0.162. The molecule has 14 heavy (non-hydrogen) atoms. The third-order valence-corrected chi connectivity index (χ3v) is 2.24. The lowest BCUT2D eigenvalue weighted by atomic mass is 10.1. The molecule has 2 rings (SSSR count). The van der Waals surface area contributed by atoms with Crippen LogP contribution in [0.25, 0.3) is 0 Å². The fraction of sp³-hybridized carbons (Fsp3) is 0.500. The molecule has 0 spiro atoms. The predicted molar refractivity (Wildman–Crippen MR) is 50.0 cm³/mol. The van der Waals surface area contributed by atoms with Crippen LogP contribution in [0.3, 0.4) is 0 Å². The minimum absolute atomic E-state index is 0.126. The van der Waals surface area contributed by atoms with E-state index in [1.807, 2.05) is 0 Å². The molecule has 76 valence electrons. The Hall–Kier alpha value is -1.29. The Morgan fingerprint density at radius 3 is 3.14 bits per heavy atom. The standard InChI is InChI=1S/C10H13NO3/c12-10(9-4-2-6-14-9)11-8-3-1-5-13-7-8/h2,4,6,8H,1,3,5,7H2,(H,11,12). The maximum absolute atomic E-state index is 11.5. The van der Waals surface area contributed by atoms with Crippen LogP contribution in [0.2, 0.25) is 0 Å². The van der Waals surface area contributed by atoms with Gasteiger partial charge in [-0.15, -0.1) is 0 Å². The average Bonchev–Trinajstić information content (AvgIpc) is 2.72. The van der Waals surface area contributed by atoms with Crippen molar-refractivity contribution in [2.24, 2.45) is 0 Å². The Morgan fingerprint density at radius 2 is 2.50 bits per heavy atom. The number of ether oxygens (including phenoxy) is 1. The lowest BCUT2D eigenvalue weighted by Crippen LogP contribution is -2.40. The molecular weight excluding hydrogens is 182 g/mol. The van der Waals surface area contributed by atoms with Gasteiger partial charge in [-0.1, -0.05) is 0 Å². The first-order valence-corrected chi connectivity index (χ1v) is 4.78. The highest BCUT2D eigenvalue weighted by Gasteiger charge is 2.17. The highest BCUT2D eigenvalue weighted by molar-refractivity contribution is 5.91. The fourth-order valence-corrected chi connectivity index (χ4v) is 1.52. The van der Waals surface area contributed by atoms with Crippen LogP contribution < -0.4 is 5.32 Å². The zero-order valence-corrected chi connectivity index (χ0v) is 7.86. The van der Waals surface area contributed by atoms with Crippen molar-refractivity contribution in [2.75, 3.05) is 13.2 Å². The Labute approximate surface area is 82.2 Å². The molecule has 2 heterocycles. The van der Waals surface area contributed by atoms with E-state index in [0.29, 0.717) is 12.4 Å². The number of carbonyl (C=O) groups excluding carboxylic acids is 1. The molecule has 0 aliphatic carbocycles. The van der Waals surface area contributed by atoms with E-state index in [1.54, 1.807) is 12.1 Å². The Kier molecular flexibility index (Phi) is 2.84. The molecular formula is C10H13NO3. The second-order valence-electron chi connectivity index (χ2n) is 3.36. The summed E-state index contributed by atoms with van der Waals surface area (Å²) in [6.45, 7) is 1.40. The number of hydrogen-bond donors (Lipinski definition) is 1. The number of rotatable bonds is 2. The van der Waals surface area contributed by atoms with E-state index in [0.717, 1.165) is 19.4 Å². The van der Waals surface area contributed by atoms with Crippen LogP contribution in [-0.4, -0.2) is 25.2 Å². The van der Waals surface area contributed by atoms with Gasteiger partial charge >= 0.3 is 0 Å². The van der Waals surface area contributed by atoms with Gasteiger partial charge in [-0.25, -0.2) is 0 Å². The van der Waals surface area contributed by atoms with Gasteiger partial charge in [0, 0.05) is 6.61 Å². The highest BCUT2D eigenvalue weighted by atomic mass is 16.5. The molecule has 1 saturated heterocycles. The molecule has 0 radical (unpaired) electrons. The molecule has 0 aromatic carbocycles. The van der Waals surface area contributed by atoms with Crippen molar-refractivity contribution < 1.29 is 13.9 Å². The van der Waals surface area contributed by atoms with Crippen molar-refractivity contribution in [3.05, 3.63) is 24.2 Å². The summed E-state index contributed by atoms with van der Waals surface area (Å²) < 4.78 is 10.2. The van der Waals surface area contributed by atoms with Gasteiger partial charge in [-0.3, -0.25) is 4.79 Å². The molecule has 1 N–H and O–H groups in total. The molecule has 1 amide bonds. The summed E-state index contributed by atoms with van der Waals surface area (Å²) in [4.78, 5) is 11.5. The van der Waals surface area contributed by atoms with Gasteiger partial charge in [0.05, 0.1) is 18.9 Å².